The van der Waals surface area contributed by atoms with Gasteiger partial charge in [0.1, 0.15) is 5.75 Å². The van der Waals surface area contributed by atoms with Crippen LogP contribution in [0.3, 0.4) is 0 Å². The summed E-state index contributed by atoms with van der Waals surface area (Å²) in [6.45, 7) is -0.0919. The summed E-state index contributed by atoms with van der Waals surface area (Å²) in [6, 6.07) is 8.22. The number of carbonyl (C=O) groups is 1. The lowest BCUT2D eigenvalue weighted by Crippen LogP contribution is -2.39. The lowest BCUT2D eigenvalue weighted by molar-refractivity contribution is -0.275. The number of amides is 1. The molecule has 0 saturated heterocycles. The molecule has 3 N–H and O–H groups in total. The average molecular weight is 530 g/mol. The molecular formula is C24H17F7N2O4. The van der Waals surface area contributed by atoms with Gasteiger partial charge in [0.2, 0.25) is 5.91 Å². The van der Waals surface area contributed by atoms with Gasteiger partial charge in [0.15, 0.2) is 17.7 Å². The van der Waals surface area contributed by atoms with E-state index >= 15 is 0 Å². The number of hydrogen-bond acceptors (Lipinski definition) is 5. The van der Waals surface area contributed by atoms with E-state index < -0.39 is 47.1 Å². The number of carbonyl (C=O) groups excluding carboxylic acids is 1. The SMILES string of the molecule is NC(=O)c1ccc([C@@H](O)C(F)(F)F)cc1[C@@]1(c2ccc(OC(F)(F)F)c(F)c2)CCOc2cccnc21. The van der Waals surface area contributed by atoms with Crippen molar-refractivity contribution >= 4 is 5.91 Å². The van der Waals surface area contributed by atoms with Crippen LogP contribution in [0.15, 0.2) is 54.7 Å². The van der Waals surface area contributed by atoms with E-state index in [1.807, 2.05) is 0 Å². The standard InChI is InChI=1S/C24H17F7N2O4/c25-16-11-13(4-6-17(16)37-24(29,30)31)22(7-9-36-18-2-1-8-33-19(18)22)15-10-12(20(34)23(26,27)28)3-5-14(15)21(32)35/h1-6,8,10-11,20,34H,7,9H2,(H2,32,35)/t20-,22+/m1/s1. The van der Waals surface area contributed by atoms with Crippen molar-refractivity contribution in [3.63, 3.8) is 0 Å². The Hall–Kier alpha value is -3.87. The number of aromatic nitrogens is 1. The van der Waals surface area contributed by atoms with Gasteiger partial charge in [-0.15, -0.1) is 13.2 Å². The van der Waals surface area contributed by atoms with Crippen LogP contribution in [0.2, 0.25) is 0 Å². The number of aliphatic hydroxyl groups excluding tert-OH is 1. The van der Waals surface area contributed by atoms with Gasteiger partial charge in [0, 0.05) is 18.2 Å². The third-order valence-corrected chi connectivity index (χ3v) is 5.95. The van der Waals surface area contributed by atoms with Gasteiger partial charge in [-0.2, -0.15) is 13.2 Å². The fourth-order valence-electron chi connectivity index (χ4n) is 4.42. The monoisotopic (exact) mass is 530 g/mol. The molecule has 1 aliphatic rings. The first kappa shape index (κ1) is 26.2. The molecule has 0 saturated carbocycles. The van der Waals surface area contributed by atoms with Gasteiger partial charge in [-0.3, -0.25) is 9.78 Å². The van der Waals surface area contributed by atoms with Crippen molar-refractivity contribution in [2.75, 3.05) is 6.61 Å². The Labute approximate surface area is 204 Å². The highest BCUT2D eigenvalue weighted by atomic mass is 19.4. The number of ether oxygens (including phenoxy) is 2. The summed E-state index contributed by atoms with van der Waals surface area (Å²) in [7, 11) is 0. The average Bonchev–Trinajstić information content (AvgIpc) is 2.82. The van der Waals surface area contributed by atoms with Gasteiger partial charge in [-0.1, -0.05) is 18.2 Å². The molecule has 6 nitrogen and oxygen atoms in total. The van der Waals surface area contributed by atoms with E-state index in [0.29, 0.717) is 12.1 Å². The Morgan fingerprint density at radius 1 is 1.11 bits per heavy atom. The van der Waals surface area contributed by atoms with Crippen molar-refractivity contribution in [3.05, 3.63) is 88.5 Å². The van der Waals surface area contributed by atoms with E-state index in [-0.39, 0.29) is 41.2 Å². The second-order valence-electron chi connectivity index (χ2n) is 8.16. The van der Waals surface area contributed by atoms with E-state index in [4.69, 9.17) is 10.5 Å². The number of aliphatic hydroxyl groups is 1. The van der Waals surface area contributed by atoms with Crippen molar-refractivity contribution in [1.29, 1.82) is 0 Å². The highest BCUT2D eigenvalue weighted by Crippen LogP contribution is 2.50. The van der Waals surface area contributed by atoms with E-state index in [0.717, 1.165) is 24.3 Å². The van der Waals surface area contributed by atoms with Gasteiger partial charge < -0.3 is 20.3 Å². The van der Waals surface area contributed by atoms with E-state index in [9.17, 15) is 40.6 Å². The van der Waals surface area contributed by atoms with Gasteiger partial charge in [-0.25, -0.2) is 4.39 Å². The maximum atomic E-state index is 14.9. The number of pyridine rings is 1. The maximum absolute atomic E-state index is 14.9. The van der Waals surface area contributed by atoms with Crippen LogP contribution < -0.4 is 15.2 Å². The molecule has 196 valence electrons. The number of rotatable bonds is 5. The van der Waals surface area contributed by atoms with Gasteiger partial charge in [-0.05, 0) is 47.0 Å². The van der Waals surface area contributed by atoms with E-state index in [1.54, 1.807) is 0 Å². The first-order chi connectivity index (χ1) is 17.2. The number of fused-ring (bicyclic) bond motifs is 1. The zero-order chi connectivity index (χ0) is 27.2. The Balaban J connectivity index is 2.04. The van der Waals surface area contributed by atoms with Crippen LogP contribution in [0, 0.1) is 5.82 Å². The van der Waals surface area contributed by atoms with Crippen LogP contribution >= 0.6 is 0 Å². The first-order valence-electron chi connectivity index (χ1n) is 10.6. The quantitative estimate of drug-likeness (QED) is 0.457. The second kappa shape index (κ2) is 9.21. The van der Waals surface area contributed by atoms with Crippen molar-refractivity contribution in [2.24, 2.45) is 5.73 Å². The van der Waals surface area contributed by atoms with Crippen molar-refractivity contribution in [3.8, 4) is 11.5 Å². The molecule has 2 aromatic carbocycles. The summed E-state index contributed by atoms with van der Waals surface area (Å²) < 4.78 is 102. The lowest BCUT2D eigenvalue weighted by Gasteiger charge is -2.40. The largest absolute Gasteiger partial charge is 0.573 e. The minimum Gasteiger partial charge on any atom is -0.492 e. The number of nitrogens with zero attached hydrogens (tertiary/aromatic N) is 1. The third-order valence-electron chi connectivity index (χ3n) is 5.95. The summed E-state index contributed by atoms with van der Waals surface area (Å²) in [6.07, 6.45) is -12.0. The van der Waals surface area contributed by atoms with Crippen LogP contribution in [0.4, 0.5) is 30.7 Å². The fourth-order valence-corrected chi connectivity index (χ4v) is 4.42. The smallest absolute Gasteiger partial charge is 0.492 e. The molecular weight excluding hydrogens is 513 g/mol. The van der Waals surface area contributed by atoms with Crippen LogP contribution in [0.25, 0.3) is 0 Å². The van der Waals surface area contributed by atoms with Gasteiger partial charge >= 0.3 is 12.5 Å². The predicted molar refractivity (Wildman–Crippen MR) is 113 cm³/mol. The van der Waals surface area contributed by atoms with Crippen LogP contribution in [0.1, 0.15) is 45.3 Å². The summed E-state index contributed by atoms with van der Waals surface area (Å²) in [5.41, 5.74) is 2.70. The topological polar surface area (TPSA) is 94.7 Å². The van der Waals surface area contributed by atoms with Crippen molar-refractivity contribution in [1.82, 2.24) is 4.98 Å². The normalized spacial score (nSPS) is 18.5. The highest BCUT2D eigenvalue weighted by molar-refractivity contribution is 5.95. The van der Waals surface area contributed by atoms with Crippen LogP contribution in [0.5, 0.6) is 11.5 Å². The summed E-state index contributed by atoms with van der Waals surface area (Å²) in [4.78, 5) is 16.6. The Morgan fingerprint density at radius 2 is 1.84 bits per heavy atom. The Morgan fingerprint density at radius 3 is 2.46 bits per heavy atom. The van der Waals surface area contributed by atoms with E-state index in [2.05, 4.69) is 9.72 Å². The number of halogens is 7. The molecule has 13 heteroatoms. The summed E-state index contributed by atoms with van der Waals surface area (Å²) >= 11 is 0. The van der Waals surface area contributed by atoms with E-state index in [1.165, 1.54) is 18.3 Å². The Kier molecular flexibility index (Phi) is 6.52. The molecule has 2 atom stereocenters. The summed E-state index contributed by atoms with van der Waals surface area (Å²) in [5, 5.41) is 9.88. The van der Waals surface area contributed by atoms with Crippen LogP contribution in [-0.2, 0) is 5.41 Å². The molecule has 0 radical (unpaired) electrons. The molecule has 1 aliphatic heterocycles. The molecule has 0 unspecified atom stereocenters. The number of nitrogens with two attached hydrogens (primary N) is 1. The molecule has 1 aromatic heterocycles. The molecule has 1 amide bonds. The molecule has 0 bridgehead atoms. The minimum absolute atomic E-state index is 0.0475. The van der Waals surface area contributed by atoms with Gasteiger partial charge in [0.05, 0.1) is 17.7 Å². The molecule has 0 aliphatic carbocycles. The Bertz CT molecular complexity index is 1340. The third kappa shape index (κ3) is 4.90. The maximum Gasteiger partial charge on any atom is 0.573 e. The predicted octanol–water partition coefficient (Wildman–Crippen LogP) is 4.93. The minimum atomic E-state index is -5.19. The second-order valence-corrected chi connectivity index (χ2v) is 8.16. The molecule has 4 rings (SSSR count). The van der Waals surface area contributed by atoms with Gasteiger partial charge in [0.25, 0.3) is 0 Å². The number of primary amides is 1. The molecule has 37 heavy (non-hydrogen) atoms. The zero-order valence-electron chi connectivity index (χ0n) is 18.5. The number of benzene rings is 2. The molecule has 2 heterocycles. The molecule has 0 fully saturated rings. The highest BCUT2D eigenvalue weighted by Gasteiger charge is 2.47. The fraction of sp³-hybridized carbons (Fsp3) is 0.250. The van der Waals surface area contributed by atoms with Crippen molar-refractivity contribution < 1.29 is 50.1 Å². The zero-order valence-corrected chi connectivity index (χ0v) is 18.5. The number of alkyl halides is 6. The molecule has 3 aromatic rings. The lowest BCUT2D eigenvalue weighted by atomic mass is 9.66. The van der Waals surface area contributed by atoms with Crippen molar-refractivity contribution in [2.45, 2.75) is 30.5 Å². The van der Waals surface area contributed by atoms with Crippen LogP contribution in [-0.4, -0.2) is 35.1 Å². The number of hydrogen-bond donors (Lipinski definition) is 2. The first-order valence-corrected chi connectivity index (χ1v) is 10.6. The summed E-state index contributed by atoms with van der Waals surface area (Å²) in [5.74, 6) is -3.48. The molecule has 0 spiro atoms.